The second-order valence-corrected chi connectivity index (χ2v) is 6.62. The second-order valence-electron chi connectivity index (χ2n) is 5.02. The van der Waals surface area contributed by atoms with Crippen LogP contribution in [-0.2, 0) is 9.59 Å². The molecule has 0 fully saturated rings. The number of halogens is 1. The molecule has 0 aliphatic carbocycles. The Hall–Kier alpha value is -1.20. The zero-order valence-electron chi connectivity index (χ0n) is 12.5. The fraction of sp³-hybridized carbons (Fsp3) is 0.467. The van der Waals surface area contributed by atoms with Crippen LogP contribution in [0.2, 0.25) is 5.02 Å². The predicted molar refractivity (Wildman–Crippen MR) is 87.6 cm³/mol. The molecule has 2 amide bonds. The molecule has 6 heteroatoms. The molecule has 0 saturated heterocycles. The summed E-state index contributed by atoms with van der Waals surface area (Å²) in [7, 11) is 0. The number of hydrogen-bond acceptors (Lipinski definition) is 3. The van der Waals surface area contributed by atoms with E-state index in [-0.39, 0.29) is 17.7 Å². The van der Waals surface area contributed by atoms with Crippen LogP contribution in [0.25, 0.3) is 0 Å². The molecule has 1 aromatic carbocycles. The lowest BCUT2D eigenvalue weighted by molar-refractivity contribution is -0.129. The van der Waals surface area contributed by atoms with Gasteiger partial charge in [-0.25, -0.2) is 0 Å². The first-order chi connectivity index (χ1) is 9.90. The van der Waals surface area contributed by atoms with E-state index in [1.54, 1.807) is 11.8 Å². The second kappa shape index (κ2) is 8.95. The number of hydrogen-bond donors (Lipinski definition) is 2. The zero-order valence-corrected chi connectivity index (χ0v) is 14.1. The molecule has 0 aliphatic heterocycles. The molecule has 2 N–H and O–H groups in total. The van der Waals surface area contributed by atoms with Crippen LogP contribution in [0.3, 0.4) is 0 Å². The van der Waals surface area contributed by atoms with Crippen molar-refractivity contribution < 1.29 is 9.59 Å². The minimum atomic E-state index is -0.483. The first-order valence-corrected chi connectivity index (χ1v) is 8.19. The lowest BCUT2D eigenvalue weighted by Gasteiger charge is -2.20. The van der Waals surface area contributed by atoms with E-state index in [4.69, 9.17) is 11.6 Å². The summed E-state index contributed by atoms with van der Waals surface area (Å²) < 4.78 is 0. The van der Waals surface area contributed by atoms with Gasteiger partial charge in [0.15, 0.2) is 0 Å². The Balaban J connectivity index is 2.34. The summed E-state index contributed by atoms with van der Waals surface area (Å²) in [6.07, 6.45) is 0. The summed E-state index contributed by atoms with van der Waals surface area (Å²) in [6, 6.07) is 7.09. The van der Waals surface area contributed by atoms with Crippen molar-refractivity contribution in [3.8, 4) is 0 Å². The van der Waals surface area contributed by atoms with E-state index in [2.05, 4.69) is 10.6 Å². The lowest BCUT2D eigenvalue weighted by atomic mass is 10.0. The zero-order chi connectivity index (χ0) is 15.8. The quantitative estimate of drug-likeness (QED) is 0.597. The van der Waals surface area contributed by atoms with Crippen LogP contribution >= 0.6 is 23.4 Å². The highest BCUT2D eigenvalue weighted by molar-refractivity contribution is 7.99. The van der Waals surface area contributed by atoms with Crippen molar-refractivity contribution >= 4 is 35.2 Å². The molecular weight excluding hydrogens is 308 g/mol. The molecule has 4 nitrogen and oxygen atoms in total. The minimum Gasteiger partial charge on any atom is -0.353 e. The Morgan fingerprint density at radius 1 is 1.24 bits per heavy atom. The van der Waals surface area contributed by atoms with Crippen molar-refractivity contribution in [2.75, 3.05) is 12.3 Å². The van der Waals surface area contributed by atoms with Crippen LogP contribution in [0, 0.1) is 5.92 Å². The van der Waals surface area contributed by atoms with Crippen molar-refractivity contribution in [3.05, 3.63) is 29.3 Å². The van der Waals surface area contributed by atoms with Gasteiger partial charge in [-0.3, -0.25) is 9.59 Å². The molecule has 0 saturated carbocycles. The van der Waals surface area contributed by atoms with Crippen LogP contribution in [0.4, 0.5) is 0 Å². The third-order valence-corrected chi connectivity index (χ3v) is 4.06. The van der Waals surface area contributed by atoms with Crippen molar-refractivity contribution in [1.82, 2.24) is 10.6 Å². The number of carbonyl (C=O) groups is 2. The maximum absolute atomic E-state index is 12.0. The van der Waals surface area contributed by atoms with Crippen molar-refractivity contribution in [1.29, 1.82) is 0 Å². The number of nitrogens with one attached hydrogen (secondary N) is 2. The highest BCUT2D eigenvalue weighted by Crippen LogP contribution is 2.19. The molecule has 0 unspecified atom stereocenters. The van der Waals surface area contributed by atoms with Gasteiger partial charge in [-0.05, 0) is 30.2 Å². The van der Waals surface area contributed by atoms with E-state index >= 15 is 0 Å². The van der Waals surface area contributed by atoms with Crippen LogP contribution in [0.15, 0.2) is 29.2 Å². The summed E-state index contributed by atoms with van der Waals surface area (Å²) in [6.45, 7) is 5.78. The SMILES string of the molecule is CC(=O)N[C@@H](C(=O)NCCSc1ccc(Cl)cc1)C(C)C. The molecule has 0 spiro atoms. The van der Waals surface area contributed by atoms with E-state index in [0.29, 0.717) is 11.6 Å². The topological polar surface area (TPSA) is 58.2 Å². The fourth-order valence-electron chi connectivity index (χ4n) is 1.74. The van der Waals surface area contributed by atoms with Gasteiger partial charge in [0.25, 0.3) is 0 Å². The van der Waals surface area contributed by atoms with Crippen LogP contribution in [0.1, 0.15) is 20.8 Å². The molecule has 1 aromatic rings. The molecule has 0 bridgehead atoms. The summed E-state index contributed by atoms with van der Waals surface area (Å²) >= 11 is 7.46. The Kier molecular flexibility index (Phi) is 7.61. The lowest BCUT2D eigenvalue weighted by Crippen LogP contribution is -2.49. The smallest absolute Gasteiger partial charge is 0.242 e. The Morgan fingerprint density at radius 3 is 2.38 bits per heavy atom. The number of carbonyl (C=O) groups excluding carboxylic acids is 2. The van der Waals surface area contributed by atoms with Gasteiger partial charge in [-0.1, -0.05) is 25.4 Å². The molecule has 0 heterocycles. The molecule has 1 rings (SSSR count). The molecule has 116 valence electrons. The molecule has 0 aliphatic rings. The van der Waals surface area contributed by atoms with E-state index in [0.717, 1.165) is 10.6 Å². The Bertz CT molecular complexity index is 477. The van der Waals surface area contributed by atoms with Gasteiger partial charge < -0.3 is 10.6 Å². The molecule has 21 heavy (non-hydrogen) atoms. The van der Waals surface area contributed by atoms with Gasteiger partial charge >= 0.3 is 0 Å². The highest BCUT2D eigenvalue weighted by Gasteiger charge is 2.22. The summed E-state index contributed by atoms with van der Waals surface area (Å²) in [5.74, 6) is 0.479. The molecule has 0 radical (unpaired) electrons. The van der Waals surface area contributed by atoms with E-state index < -0.39 is 6.04 Å². The van der Waals surface area contributed by atoms with Crippen molar-refractivity contribution in [3.63, 3.8) is 0 Å². The van der Waals surface area contributed by atoms with Gasteiger partial charge in [0, 0.05) is 29.1 Å². The van der Waals surface area contributed by atoms with Crippen molar-refractivity contribution in [2.24, 2.45) is 5.92 Å². The average molecular weight is 329 g/mol. The van der Waals surface area contributed by atoms with Crippen molar-refractivity contribution in [2.45, 2.75) is 31.7 Å². The van der Waals surface area contributed by atoms with Gasteiger partial charge in [-0.15, -0.1) is 11.8 Å². The molecule has 1 atom stereocenters. The van der Waals surface area contributed by atoms with E-state index in [1.165, 1.54) is 6.92 Å². The van der Waals surface area contributed by atoms with Gasteiger partial charge in [0.2, 0.25) is 11.8 Å². The number of thioether (sulfide) groups is 1. The molecule has 0 aromatic heterocycles. The van der Waals surface area contributed by atoms with Crippen LogP contribution in [-0.4, -0.2) is 30.2 Å². The normalized spacial score (nSPS) is 12.0. The third kappa shape index (κ3) is 6.87. The third-order valence-electron chi connectivity index (χ3n) is 2.79. The first-order valence-electron chi connectivity index (χ1n) is 6.83. The number of rotatable bonds is 7. The summed E-state index contributed by atoms with van der Waals surface area (Å²) in [4.78, 5) is 24.2. The standard InChI is InChI=1S/C15H21ClN2O2S/c1-10(2)14(18-11(3)19)15(20)17-8-9-21-13-6-4-12(16)5-7-13/h4-7,10,14H,8-9H2,1-3H3,(H,17,20)(H,18,19)/t14-/m1/s1. The Morgan fingerprint density at radius 2 is 1.86 bits per heavy atom. The largest absolute Gasteiger partial charge is 0.353 e. The predicted octanol–water partition coefficient (Wildman–Crippen LogP) is 2.71. The van der Waals surface area contributed by atoms with E-state index in [9.17, 15) is 9.59 Å². The maximum Gasteiger partial charge on any atom is 0.242 e. The van der Waals surface area contributed by atoms with Crippen LogP contribution in [0.5, 0.6) is 0 Å². The number of benzene rings is 1. The highest BCUT2D eigenvalue weighted by atomic mass is 35.5. The first kappa shape index (κ1) is 17.9. The minimum absolute atomic E-state index is 0.0535. The van der Waals surface area contributed by atoms with Crippen LogP contribution < -0.4 is 10.6 Å². The Labute approximate surface area is 135 Å². The van der Waals surface area contributed by atoms with Gasteiger partial charge in [0.05, 0.1) is 0 Å². The van der Waals surface area contributed by atoms with Gasteiger partial charge in [0.1, 0.15) is 6.04 Å². The fourth-order valence-corrected chi connectivity index (χ4v) is 2.63. The number of amides is 2. The maximum atomic E-state index is 12.0. The van der Waals surface area contributed by atoms with E-state index in [1.807, 2.05) is 38.1 Å². The molecular formula is C15H21ClN2O2S. The summed E-state index contributed by atoms with van der Waals surface area (Å²) in [5.41, 5.74) is 0. The van der Waals surface area contributed by atoms with Gasteiger partial charge in [-0.2, -0.15) is 0 Å². The summed E-state index contributed by atoms with van der Waals surface area (Å²) in [5, 5.41) is 6.23. The average Bonchev–Trinajstić information content (AvgIpc) is 2.42. The monoisotopic (exact) mass is 328 g/mol.